The van der Waals surface area contributed by atoms with E-state index < -0.39 is 0 Å². The molecule has 0 radical (unpaired) electrons. The van der Waals surface area contributed by atoms with Crippen molar-refractivity contribution >= 4 is 41.3 Å². The third kappa shape index (κ3) is 10.1. The molecular weight excluding hydrogens is 395 g/mol. The van der Waals surface area contributed by atoms with Crippen molar-refractivity contribution in [3.8, 4) is 0 Å². The van der Waals surface area contributed by atoms with Gasteiger partial charge in [0.05, 0.1) is 5.01 Å². The third-order valence-corrected chi connectivity index (χ3v) is 3.87. The van der Waals surface area contributed by atoms with Crippen LogP contribution in [-0.2, 0) is 6.42 Å². The van der Waals surface area contributed by atoms with Crippen LogP contribution < -0.4 is 10.6 Å². The molecule has 1 aromatic rings. The van der Waals surface area contributed by atoms with Crippen molar-refractivity contribution in [3.63, 3.8) is 0 Å². The second-order valence-electron chi connectivity index (χ2n) is 5.36. The summed E-state index contributed by atoms with van der Waals surface area (Å²) in [4.78, 5) is 9.07. The highest BCUT2D eigenvalue weighted by molar-refractivity contribution is 14.0. The average molecular weight is 424 g/mol. The third-order valence-electron chi connectivity index (χ3n) is 2.84. The number of rotatable bonds is 8. The first kappa shape index (κ1) is 20.6. The number of aromatic nitrogens is 1. The predicted octanol–water partition coefficient (Wildman–Crippen LogP) is 3.60. The van der Waals surface area contributed by atoms with Crippen LogP contribution in [0.3, 0.4) is 0 Å². The Morgan fingerprint density at radius 1 is 1.38 bits per heavy atom. The van der Waals surface area contributed by atoms with E-state index in [-0.39, 0.29) is 24.0 Å². The van der Waals surface area contributed by atoms with Gasteiger partial charge in [-0.2, -0.15) is 0 Å². The van der Waals surface area contributed by atoms with Crippen LogP contribution in [0.2, 0.25) is 0 Å². The predicted molar refractivity (Wildman–Crippen MR) is 104 cm³/mol. The zero-order chi connectivity index (χ0) is 14.8. The standard InChI is InChI=1S/C15H28N4S.HI/c1-5-16-15(18-10-8-12(2)3)17-9-6-7-14-19-13(4)11-20-14;/h11-12H,5-10H2,1-4H3,(H2,16,17,18);1H. The van der Waals surface area contributed by atoms with Crippen molar-refractivity contribution in [1.82, 2.24) is 15.6 Å². The maximum atomic E-state index is 4.60. The molecule has 0 saturated heterocycles. The van der Waals surface area contributed by atoms with E-state index in [9.17, 15) is 0 Å². The van der Waals surface area contributed by atoms with E-state index in [0.29, 0.717) is 0 Å². The Morgan fingerprint density at radius 3 is 2.71 bits per heavy atom. The van der Waals surface area contributed by atoms with Gasteiger partial charge in [0, 0.05) is 37.1 Å². The van der Waals surface area contributed by atoms with Crippen LogP contribution in [0.5, 0.6) is 0 Å². The molecule has 1 aromatic heterocycles. The summed E-state index contributed by atoms with van der Waals surface area (Å²) in [6.45, 7) is 11.3. The zero-order valence-electron chi connectivity index (χ0n) is 13.6. The summed E-state index contributed by atoms with van der Waals surface area (Å²) in [6.07, 6.45) is 3.24. The largest absolute Gasteiger partial charge is 0.357 e. The van der Waals surface area contributed by atoms with Crippen molar-refractivity contribution in [1.29, 1.82) is 0 Å². The van der Waals surface area contributed by atoms with Crippen LogP contribution in [0.4, 0.5) is 0 Å². The SMILES string of the molecule is CCNC(=NCCCc1nc(C)cs1)NCCC(C)C.I. The maximum absolute atomic E-state index is 4.60. The lowest BCUT2D eigenvalue weighted by atomic mass is 10.1. The van der Waals surface area contributed by atoms with Gasteiger partial charge in [0.25, 0.3) is 0 Å². The number of hydrogen-bond acceptors (Lipinski definition) is 3. The van der Waals surface area contributed by atoms with E-state index in [1.807, 2.05) is 6.92 Å². The molecule has 0 aliphatic carbocycles. The average Bonchev–Trinajstić information content (AvgIpc) is 2.80. The Labute approximate surface area is 150 Å². The van der Waals surface area contributed by atoms with Gasteiger partial charge in [-0.1, -0.05) is 13.8 Å². The molecule has 0 atom stereocenters. The van der Waals surface area contributed by atoms with Crippen LogP contribution in [-0.4, -0.2) is 30.6 Å². The van der Waals surface area contributed by atoms with Gasteiger partial charge in [-0.15, -0.1) is 35.3 Å². The lowest BCUT2D eigenvalue weighted by Gasteiger charge is -2.12. The normalized spacial score (nSPS) is 11.4. The van der Waals surface area contributed by atoms with Gasteiger partial charge in [-0.25, -0.2) is 4.98 Å². The van der Waals surface area contributed by atoms with Gasteiger partial charge in [-0.05, 0) is 32.6 Å². The quantitative estimate of drug-likeness (QED) is 0.290. The van der Waals surface area contributed by atoms with Gasteiger partial charge in [-0.3, -0.25) is 4.99 Å². The smallest absolute Gasteiger partial charge is 0.191 e. The van der Waals surface area contributed by atoms with Crippen molar-refractivity contribution in [2.75, 3.05) is 19.6 Å². The number of nitrogens with zero attached hydrogens (tertiary/aromatic N) is 2. The highest BCUT2D eigenvalue weighted by Crippen LogP contribution is 2.10. The van der Waals surface area contributed by atoms with Gasteiger partial charge in [0.15, 0.2) is 5.96 Å². The molecule has 0 saturated carbocycles. The Hall–Kier alpha value is -0.370. The first-order valence-corrected chi connectivity index (χ1v) is 8.43. The van der Waals surface area contributed by atoms with Crippen molar-refractivity contribution in [2.45, 2.75) is 47.0 Å². The molecule has 0 fully saturated rings. The molecule has 1 heterocycles. The number of guanidine groups is 1. The van der Waals surface area contributed by atoms with Crippen LogP contribution in [0.25, 0.3) is 0 Å². The fourth-order valence-corrected chi connectivity index (χ4v) is 2.58. The highest BCUT2D eigenvalue weighted by atomic mass is 127. The lowest BCUT2D eigenvalue weighted by molar-refractivity contribution is 0.573. The van der Waals surface area contributed by atoms with E-state index in [2.05, 4.69) is 46.8 Å². The Morgan fingerprint density at radius 2 is 2.14 bits per heavy atom. The second kappa shape index (κ2) is 12.2. The molecule has 4 nitrogen and oxygen atoms in total. The summed E-state index contributed by atoms with van der Waals surface area (Å²) in [5, 5.41) is 9.99. The summed E-state index contributed by atoms with van der Waals surface area (Å²) in [6, 6.07) is 0. The molecule has 21 heavy (non-hydrogen) atoms. The molecule has 0 spiro atoms. The molecule has 2 N–H and O–H groups in total. The lowest BCUT2D eigenvalue weighted by Crippen LogP contribution is -2.38. The fourth-order valence-electron chi connectivity index (χ4n) is 1.76. The van der Waals surface area contributed by atoms with E-state index in [4.69, 9.17) is 0 Å². The summed E-state index contributed by atoms with van der Waals surface area (Å²) in [5.41, 5.74) is 1.12. The van der Waals surface area contributed by atoms with Gasteiger partial charge in [0.1, 0.15) is 0 Å². The molecule has 0 amide bonds. The van der Waals surface area contributed by atoms with Crippen molar-refractivity contribution < 1.29 is 0 Å². The highest BCUT2D eigenvalue weighted by Gasteiger charge is 2.00. The van der Waals surface area contributed by atoms with Crippen molar-refractivity contribution in [2.24, 2.45) is 10.9 Å². The second-order valence-corrected chi connectivity index (χ2v) is 6.30. The monoisotopic (exact) mass is 424 g/mol. The zero-order valence-corrected chi connectivity index (χ0v) is 16.8. The molecule has 0 bridgehead atoms. The van der Waals surface area contributed by atoms with E-state index in [1.165, 1.54) is 11.4 Å². The Kier molecular flexibility index (Phi) is 12.0. The minimum atomic E-state index is 0. The van der Waals surface area contributed by atoms with Crippen LogP contribution >= 0.6 is 35.3 Å². The maximum Gasteiger partial charge on any atom is 0.191 e. The number of aryl methyl sites for hydroxylation is 2. The number of nitrogens with one attached hydrogen (secondary N) is 2. The van der Waals surface area contributed by atoms with E-state index >= 15 is 0 Å². The molecule has 0 aromatic carbocycles. The Bertz CT molecular complexity index is 404. The number of halogens is 1. The van der Waals surface area contributed by atoms with E-state index in [1.54, 1.807) is 11.3 Å². The minimum Gasteiger partial charge on any atom is -0.357 e. The first-order valence-electron chi connectivity index (χ1n) is 7.55. The summed E-state index contributed by atoms with van der Waals surface area (Å²) in [5.74, 6) is 1.65. The molecule has 0 aliphatic rings. The molecular formula is C15H29IN4S. The van der Waals surface area contributed by atoms with Gasteiger partial charge < -0.3 is 10.6 Å². The molecule has 1 rings (SSSR count). The summed E-state index contributed by atoms with van der Waals surface area (Å²) < 4.78 is 0. The topological polar surface area (TPSA) is 49.3 Å². The van der Waals surface area contributed by atoms with Gasteiger partial charge >= 0.3 is 0 Å². The summed E-state index contributed by atoms with van der Waals surface area (Å²) >= 11 is 1.74. The van der Waals surface area contributed by atoms with Crippen LogP contribution in [0.15, 0.2) is 10.4 Å². The number of thiazole rings is 1. The Balaban J connectivity index is 0.00000400. The molecule has 0 unspecified atom stereocenters. The molecule has 0 aliphatic heterocycles. The fraction of sp³-hybridized carbons (Fsp3) is 0.733. The molecule has 6 heteroatoms. The number of aliphatic imine (C=N–C) groups is 1. The van der Waals surface area contributed by atoms with Crippen LogP contribution in [0, 0.1) is 12.8 Å². The van der Waals surface area contributed by atoms with E-state index in [0.717, 1.165) is 50.0 Å². The van der Waals surface area contributed by atoms with Crippen molar-refractivity contribution in [3.05, 3.63) is 16.1 Å². The number of hydrogen-bond donors (Lipinski definition) is 2. The van der Waals surface area contributed by atoms with Crippen LogP contribution in [0.1, 0.15) is 44.3 Å². The molecule has 122 valence electrons. The summed E-state index contributed by atoms with van der Waals surface area (Å²) in [7, 11) is 0. The minimum absolute atomic E-state index is 0. The first-order chi connectivity index (χ1) is 9.61. The van der Waals surface area contributed by atoms with Gasteiger partial charge in [0.2, 0.25) is 0 Å².